The number of hydrogen-bond acceptors (Lipinski definition) is 5. The Morgan fingerprint density at radius 2 is 1.45 bits per heavy atom. The molecule has 1 unspecified atom stereocenters. The zero-order chi connectivity index (χ0) is 26.1. The molecular formula is C29H42N6O3. The maximum Gasteiger partial charge on any atom is 0.322 e. The monoisotopic (exact) mass is 522 g/mol. The van der Waals surface area contributed by atoms with Gasteiger partial charge in [0, 0.05) is 83.0 Å². The van der Waals surface area contributed by atoms with Crippen molar-refractivity contribution in [3.8, 4) is 0 Å². The second-order valence-corrected chi connectivity index (χ2v) is 11.8. The maximum atomic E-state index is 12.9. The maximum absolute atomic E-state index is 12.9. The average molecular weight is 523 g/mol. The Bertz CT molecular complexity index is 1020. The molecule has 2 bridgehead atoms. The number of nitrogens with one attached hydrogen (secondary N) is 1. The first-order chi connectivity index (χ1) is 18.5. The van der Waals surface area contributed by atoms with E-state index in [1.54, 1.807) is 0 Å². The fraction of sp³-hybridized carbons (Fsp3) is 0.690. The minimum absolute atomic E-state index is 0.0427. The lowest BCUT2D eigenvalue weighted by Crippen LogP contribution is -2.61. The highest BCUT2D eigenvalue weighted by molar-refractivity contribution is 5.91. The van der Waals surface area contributed by atoms with Crippen LogP contribution in [0.3, 0.4) is 0 Å². The predicted molar refractivity (Wildman–Crippen MR) is 146 cm³/mol. The van der Waals surface area contributed by atoms with Crippen molar-refractivity contribution in [2.45, 2.75) is 57.0 Å². The van der Waals surface area contributed by atoms with Crippen molar-refractivity contribution in [3.05, 3.63) is 29.8 Å². The number of carbonyl (C=O) groups excluding carboxylic acids is 3. The summed E-state index contributed by atoms with van der Waals surface area (Å²) < 4.78 is 0. The van der Waals surface area contributed by atoms with Gasteiger partial charge in [0.2, 0.25) is 11.8 Å². The van der Waals surface area contributed by atoms with Crippen molar-refractivity contribution in [1.29, 1.82) is 0 Å². The summed E-state index contributed by atoms with van der Waals surface area (Å²) in [5.74, 6) is 1.01. The number of para-hydroxylation sites is 1. The largest absolute Gasteiger partial charge is 0.343 e. The number of carbonyl (C=O) groups is 3. The highest BCUT2D eigenvalue weighted by Gasteiger charge is 2.39. The van der Waals surface area contributed by atoms with E-state index >= 15 is 0 Å². The normalized spacial score (nSPS) is 28.6. The minimum atomic E-state index is -0.0427. The van der Waals surface area contributed by atoms with Crippen LogP contribution in [0.25, 0.3) is 0 Å². The van der Waals surface area contributed by atoms with Gasteiger partial charge >= 0.3 is 6.03 Å². The zero-order valence-corrected chi connectivity index (χ0v) is 22.5. The number of urea groups is 1. The van der Waals surface area contributed by atoms with Gasteiger partial charge in [0.15, 0.2) is 0 Å². The number of nitrogens with zero attached hydrogens (tertiary/aromatic N) is 5. The van der Waals surface area contributed by atoms with Crippen LogP contribution in [0.2, 0.25) is 0 Å². The molecular weight excluding hydrogens is 480 g/mol. The van der Waals surface area contributed by atoms with E-state index in [-0.39, 0.29) is 30.3 Å². The van der Waals surface area contributed by atoms with Crippen LogP contribution in [0.4, 0.5) is 10.5 Å². The van der Waals surface area contributed by atoms with E-state index in [1.165, 1.54) is 38.0 Å². The molecule has 5 saturated heterocycles. The van der Waals surface area contributed by atoms with E-state index in [0.717, 1.165) is 57.0 Å². The second-order valence-electron chi connectivity index (χ2n) is 11.8. The van der Waals surface area contributed by atoms with E-state index in [0.29, 0.717) is 32.1 Å². The number of amides is 4. The molecule has 6 aliphatic rings. The lowest BCUT2D eigenvalue weighted by Gasteiger charge is -2.51. The molecule has 6 heterocycles. The highest BCUT2D eigenvalue weighted by Crippen LogP contribution is 2.31. The average Bonchev–Trinajstić information content (AvgIpc) is 3.14. The first-order valence-electron chi connectivity index (χ1n) is 14.7. The fourth-order valence-corrected chi connectivity index (χ4v) is 7.35. The molecule has 1 atom stereocenters. The molecule has 6 aliphatic heterocycles. The predicted octanol–water partition coefficient (Wildman–Crippen LogP) is 2.09. The summed E-state index contributed by atoms with van der Waals surface area (Å²) >= 11 is 0. The van der Waals surface area contributed by atoms with Crippen LogP contribution in [0.5, 0.6) is 0 Å². The van der Waals surface area contributed by atoms with Gasteiger partial charge in [0.1, 0.15) is 0 Å². The summed E-state index contributed by atoms with van der Waals surface area (Å²) in [6.45, 7) is 9.17. The van der Waals surface area contributed by atoms with Crippen LogP contribution in [-0.4, -0.2) is 120 Å². The first-order valence-corrected chi connectivity index (χ1v) is 14.7. The van der Waals surface area contributed by atoms with Gasteiger partial charge < -0.3 is 24.9 Å². The number of hydrogen-bond donors (Lipinski definition) is 1. The van der Waals surface area contributed by atoms with E-state index in [1.807, 2.05) is 32.9 Å². The zero-order valence-electron chi connectivity index (χ0n) is 22.5. The Morgan fingerprint density at radius 1 is 0.789 bits per heavy atom. The molecule has 9 heteroatoms. The summed E-state index contributed by atoms with van der Waals surface area (Å²) in [6.07, 6.45) is 5.62. The van der Waals surface area contributed by atoms with Crippen molar-refractivity contribution in [3.63, 3.8) is 0 Å². The molecule has 9 nitrogen and oxygen atoms in total. The lowest BCUT2D eigenvalue weighted by molar-refractivity contribution is -0.139. The number of anilines is 1. The number of piperazine rings is 1. The molecule has 1 aromatic carbocycles. The third kappa shape index (κ3) is 5.41. The Hall–Kier alpha value is -2.65. The molecule has 5 fully saturated rings. The third-order valence-corrected chi connectivity index (χ3v) is 9.71. The second kappa shape index (κ2) is 11.2. The molecule has 0 aliphatic carbocycles. The molecule has 206 valence electrons. The first kappa shape index (κ1) is 25.6. The molecule has 38 heavy (non-hydrogen) atoms. The Balaban J connectivity index is 0.917. The molecule has 0 saturated carbocycles. The highest BCUT2D eigenvalue weighted by atomic mass is 16.2. The van der Waals surface area contributed by atoms with E-state index in [2.05, 4.69) is 21.2 Å². The fourth-order valence-electron chi connectivity index (χ4n) is 7.35. The number of likely N-dealkylation sites (tertiary alicyclic amines) is 1. The Morgan fingerprint density at radius 3 is 2.11 bits per heavy atom. The Labute approximate surface area is 226 Å². The van der Waals surface area contributed by atoms with Crippen molar-refractivity contribution >= 4 is 23.5 Å². The van der Waals surface area contributed by atoms with Gasteiger partial charge in [-0.05, 0) is 62.7 Å². The quantitative estimate of drug-likeness (QED) is 0.641. The third-order valence-electron chi connectivity index (χ3n) is 9.71. The Kier molecular flexibility index (Phi) is 7.56. The SMILES string of the molecule is O=C(CCC(=O)N1CCN(C2CN3CCC2CC3)CC1)N1CCC(N2CCc3ccccc3NC2=O)CC1. The standard InChI is InChI=1S/C29H42N6O3/c36-27(5-6-28(37)34-19-17-32(18-20-34)26-21-31-12-7-23(26)8-13-31)33-14-10-24(11-15-33)35-16-9-22-3-1-2-4-25(22)30-29(35)38/h1-4,23-24,26H,5-21H2,(H,30,38). The summed E-state index contributed by atoms with van der Waals surface area (Å²) in [5, 5.41) is 3.06. The van der Waals surface area contributed by atoms with Crippen LogP contribution in [0.15, 0.2) is 24.3 Å². The molecule has 0 spiro atoms. The number of fused-ring (bicyclic) bond motifs is 4. The summed E-state index contributed by atoms with van der Waals surface area (Å²) in [6, 6.07) is 8.74. The summed E-state index contributed by atoms with van der Waals surface area (Å²) in [7, 11) is 0. The van der Waals surface area contributed by atoms with Crippen molar-refractivity contribution in [2.75, 3.05) is 70.8 Å². The number of rotatable bonds is 5. The van der Waals surface area contributed by atoms with Crippen molar-refractivity contribution in [1.82, 2.24) is 24.5 Å². The van der Waals surface area contributed by atoms with E-state index < -0.39 is 0 Å². The summed E-state index contributed by atoms with van der Waals surface area (Å²) in [4.78, 5) is 49.7. The smallest absolute Gasteiger partial charge is 0.322 e. The molecule has 7 rings (SSSR count). The van der Waals surface area contributed by atoms with Gasteiger partial charge in [-0.1, -0.05) is 18.2 Å². The molecule has 0 radical (unpaired) electrons. The van der Waals surface area contributed by atoms with Gasteiger partial charge in [0.05, 0.1) is 0 Å². The molecule has 1 N–H and O–H groups in total. The number of benzene rings is 1. The minimum Gasteiger partial charge on any atom is -0.343 e. The van der Waals surface area contributed by atoms with E-state index in [4.69, 9.17) is 0 Å². The topological polar surface area (TPSA) is 79.4 Å². The van der Waals surface area contributed by atoms with E-state index in [9.17, 15) is 14.4 Å². The van der Waals surface area contributed by atoms with Crippen LogP contribution < -0.4 is 5.32 Å². The molecule has 1 aromatic rings. The van der Waals surface area contributed by atoms with Crippen LogP contribution >= 0.6 is 0 Å². The van der Waals surface area contributed by atoms with Gasteiger partial charge in [-0.15, -0.1) is 0 Å². The van der Waals surface area contributed by atoms with Gasteiger partial charge in [-0.3, -0.25) is 14.5 Å². The number of piperidine rings is 4. The van der Waals surface area contributed by atoms with Gasteiger partial charge in [-0.25, -0.2) is 4.79 Å². The van der Waals surface area contributed by atoms with Gasteiger partial charge in [-0.2, -0.15) is 0 Å². The molecule has 0 aromatic heterocycles. The van der Waals surface area contributed by atoms with Crippen LogP contribution in [0.1, 0.15) is 44.1 Å². The van der Waals surface area contributed by atoms with Gasteiger partial charge in [0.25, 0.3) is 0 Å². The van der Waals surface area contributed by atoms with Crippen LogP contribution in [-0.2, 0) is 16.0 Å². The molecule has 4 amide bonds. The lowest BCUT2D eigenvalue weighted by atomic mass is 9.83. The van der Waals surface area contributed by atoms with Crippen molar-refractivity contribution in [2.24, 2.45) is 5.92 Å². The summed E-state index contributed by atoms with van der Waals surface area (Å²) in [5.41, 5.74) is 2.07. The van der Waals surface area contributed by atoms with Crippen molar-refractivity contribution < 1.29 is 14.4 Å². The van der Waals surface area contributed by atoms with Crippen LogP contribution in [0, 0.1) is 5.92 Å².